The molecule has 0 atom stereocenters. The SMILES string of the molecule is CCCCCCCCCCCCNCCC(=O)OCCCC. The van der Waals surface area contributed by atoms with Gasteiger partial charge in [0.2, 0.25) is 0 Å². The second-order valence-electron chi connectivity index (χ2n) is 6.26. The minimum absolute atomic E-state index is 0.0657. The number of carbonyl (C=O) groups is 1. The van der Waals surface area contributed by atoms with Crippen molar-refractivity contribution >= 4 is 5.97 Å². The van der Waals surface area contributed by atoms with E-state index in [0.29, 0.717) is 13.0 Å². The standard InChI is InChI=1S/C19H39NO2/c1-3-5-7-8-9-10-11-12-13-14-16-20-17-15-19(21)22-18-6-4-2/h20H,3-18H2,1-2H3. The summed E-state index contributed by atoms with van der Waals surface area (Å²) in [7, 11) is 0. The van der Waals surface area contributed by atoms with Gasteiger partial charge in [0, 0.05) is 6.54 Å². The third kappa shape index (κ3) is 17.5. The van der Waals surface area contributed by atoms with Gasteiger partial charge in [0.1, 0.15) is 0 Å². The summed E-state index contributed by atoms with van der Waals surface area (Å²) in [4.78, 5) is 11.4. The zero-order valence-electron chi connectivity index (χ0n) is 15.1. The fourth-order valence-electron chi connectivity index (χ4n) is 2.46. The van der Waals surface area contributed by atoms with E-state index in [9.17, 15) is 4.79 Å². The molecule has 0 aliphatic rings. The topological polar surface area (TPSA) is 38.3 Å². The fourth-order valence-corrected chi connectivity index (χ4v) is 2.46. The molecule has 1 N–H and O–H groups in total. The van der Waals surface area contributed by atoms with Gasteiger partial charge in [0.15, 0.2) is 0 Å². The summed E-state index contributed by atoms with van der Waals surface area (Å²) in [5.41, 5.74) is 0. The van der Waals surface area contributed by atoms with Gasteiger partial charge in [-0.25, -0.2) is 0 Å². The molecular weight excluding hydrogens is 274 g/mol. The number of carbonyl (C=O) groups excluding carboxylic acids is 1. The Hall–Kier alpha value is -0.570. The van der Waals surface area contributed by atoms with E-state index in [0.717, 1.165) is 25.9 Å². The number of unbranched alkanes of at least 4 members (excludes halogenated alkanes) is 10. The van der Waals surface area contributed by atoms with Crippen LogP contribution in [0.1, 0.15) is 97.3 Å². The number of hydrogen-bond donors (Lipinski definition) is 1. The van der Waals surface area contributed by atoms with Gasteiger partial charge in [-0.1, -0.05) is 78.1 Å². The van der Waals surface area contributed by atoms with Crippen molar-refractivity contribution in [2.45, 2.75) is 97.3 Å². The maximum Gasteiger partial charge on any atom is 0.307 e. The number of hydrogen-bond acceptors (Lipinski definition) is 3. The molecule has 0 aliphatic heterocycles. The summed E-state index contributed by atoms with van der Waals surface area (Å²) < 4.78 is 5.11. The van der Waals surface area contributed by atoms with Gasteiger partial charge in [-0.05, 0) is 19.4 Å². The van der Waals surface area contributed by atoms with Gasteiger partial charge in [-0.3, -0.25) is 4.79 Å². The average Bonchev–Trinajstić information content (AvgIpc) is 2.52. The summed E-state index contributed by atoms with van der Waals surface area (Å²) in [6, 6.07) is 0. The lowest BCUT2D eigenvalue weighted by molar-refractivity contribution is -0.143. The van der Waals surface area contributed by atoms with Crippen molar-refractivity contribution in [3.05, 3.63) is 0 Å². The number of rotatable bonds is 17. The first-order valence-electron chi connectivity index (χ1n) is 9.67. The molecule has 0 saturated heterocycles. The lowest BCUT2D eigenvalue weighted by Gasteiger charge is -2.06. The van der Waals surface area contributed by atoms with Gasteiger partial charge in [-0.15, -0.1) is 0 Å². The molecule has 0 rings (SSSR count). The molecule has 0 spiro atoms. The lowest BCUT2D eigenvalue weighted by atomic mass is 10.1. The molecule has 0 aromatic heterocycles. The molecule has 0 aromatic rings. The second-order valence-corrected chi connectivity index (χ2v) is 6.26. The van der Waals surface area contributed by atoms with Crippen LogP contribution in [0.5, 0.6) is 0 Å². The molecule has 0 radical (unpaired) electrons. The molecule has 132 valence electrons. The quantitative estimate of drug-likeness (QED) is 0.295. The minimum atomic E-state index is -0.0657. The Morgan fingerprint density at radius 2 is 1.27 bits per heavy atom. The molecule has 0 saturated carbocycles. The summed E-state index contributed by atoms with van der Waals surface area (Å²) in [6.45, 7) is 6.72. The van der Waals surface area contributed by atoms with Crippen molar-refractivity contribution in [1.82, 2.24) is 5.32 Å². The molecule has 0 heterocycles. The molecule has 0 aromatic carbocycles. The van der Waals surface area contributed by atoms with E-state index >= 15 is 0 Å². The Balaban J connectivity index is 3.06. The zero-order valence-corrected chi connectivity index (χ0v) is 15.1. The van der Waals surface area contributed by atoms with Crippen molar-refractivity contribution in [3.8, 4) is 0 Å². The van der Waals surface area contributed by atoms with Crippen LogP contribution < -0.4 is 5.32 Å². The normalized spacial score (nSPS) is 10.8. The van der Waals surface area contributed by atoms with Crippen molar-refractivity contribution < 1.29 is 9.53 Å². The molecule has 0 aliphatic carbocycles. The van der Waals surface area contributed by atoms with Crippen LogP contribution in [0.15, 0.2) is 0 Å². The molecule has 22 heavy (non-hydrogen) atoms. The first-order valence-corrected chi connectivity index (χ1v) is 9.67. The van der Waals surface area contributed by atoms with Gasteiger partial charge in [-0.2, -0.15) is 0 Å². The van der Waals surface area contributed by atoms with Crippen LogP contribution in [0.3, 0.4) is 0 Å². The lowest BCUT2D eigenvalue weighted by Crippen LogP contribution is -2.20. The highest BCUT2D eigenvalue weighted by molar-refractivity contribution is 5.69. The van der Waals surface area contributed by atoms with E-state index in [4.69, 9.17) is 4.74 Å². The third-order valence-corrected chi connectivity index (χ3v) is 3.97. The summed E-state index contributed by atoms with van der Waals surface area (Å²) in [6.07, 6.45) is 16.2. The van der Waals surface area contributed by atoms with Crippen molar-refractivity contribution in [3.63, 3.8) is 0 Å². The highest BCUT2D eigenvalue weighted by Gasteiger charge is 2.01. The highest BCUT2D eigenvalue weighted by Crippen LogP contribution is 2.10. The van der Waals surface area contributed by atoms with Crippen LogP contribution in [0, 0.1) is 0 Å². The molecule has 3 nitrogen and oxygen atoms in total. The van der Waals surface area contributed by atoms with Gasteiger partial charge in [0.25, 0.3) is 0 Å². The predicted molar refractivity (Wildman–Crippen MR) is 95.2 cm³/mol. The zero-order chi connectivity index (χ0) is 16.3. The van der Waals surface area contributed by atoms with Gasteiger partial charge in [0.05, 0.1) is 13.0 Å². The smallest absolute Gasteiger partial charge is 0.307 e. The van der Waals surface area contributed by atoms with Crippen LogP contribution in [0.25, 0.3) is 0 Å². The molecular formula is C19H39NO2. The molecule has 0 fully saturated rings. The van der Waals surface area contributed by atoms with Crippen LogP contribution >= 0.6 is 0 Å². The molecule has 3 heteroatoms. The Morgan fingerprint density at radius 1 is 0.727 bits per heavy atom. The second kappa shape index (κ2) is 18.5. The van der Waals surface area contributed by atoms with E-state index in [1.807, 2.05) is 0 Å². The van der Waals surface area contributed by atoms with E-state index in [-0.39, 0.29) is 5.97 Å². The van der Waals surface area contributed by atoms with Gasteiger partial charge >= 0.3 is 5.97 Å². The molecule has 0 bridgehead atoms. The first kappa shape index (κ1) is 21.4. The first-order chi connectivity index (χ1) is 10.8. The van der Waals surface area contributed by atoms with E-state index < -0.39 is 0 Å². The largest absolute Gasteiger partial charge is 0.466 e. The predicted octanol–water partition coefficient (Wildman–Crippen LogP) is 5.23. The van der Waals surface area contributed by atoms with E-state index in [1.54, 1.807) is 0 Å². The maximum absolute atomic E-state index is 11.4. The summed E-state index contributed by atoms with van der Waals surface area (Å²) in [5.74, 6) is -0.0657. The molecule has 0 unspecified atom stereocenters. The highest BCUT2D eigenvalue weighted by atomic mass is 16.5. The maximum atomic E-state index is 11.4. The summed E-state index contributed by atoms with van der Waals surface area (Å²) in [5, 5.41) is 3.33. The number of esters is 1. The Labute approximate surface area is 138 Å². The monoisotopic (exact) mass is 313 g/mol. The van der Waals surface area contributed by atoms with Crippen molar-refractivity contribution in [1.29, 1.82) is 0 Å². The number of ether oxygens (including phenoxy) is 1. The minimum Gasteiger partial charge on any atom is -0.466 e. The van der Waals surface area contributed by atoms with Gasteiger partial charge < -0.3 is 10.1 Å². The van der Waals surface area contributed by atoms with E-state index in [2.05, 4.69) is 19.2 Å². The number of nitrogens with one attached hydrogen (secondary N) is 1. The Morgan fingerprint density at radius 3 is 1.86 bits per heavy atom. The third-order valence-electron chi connectivity index (χ3n) is 3.97. The van der Waals surface area contributed by atoms with Crippen molar-refractivity contribution in [2.24, 2.45) is 0 Å². The van der Waals surface area contributed by atoms with E-state index in [1.165, 1.54) is 64.2 Å². The Kier molecular flexibility index (Phi) is 18.0. The van der Waals surface area contributed by atoms with Crippen molar-refractivity contribution in [2.75, 3.05) is 19.7 Å². The molecule has 0 amide bonds. The average molecular weight is 314 g/mol. The fraction of sp³-hybridized carbons (Fsp3) is 0.947. The van der Waals surface area contributed by atoms with Crippen LogP contribution in [0.2, 0.25) is 0 Å². The Bertz CT molecular complexity index is 231. The summed E-state index contributed by atoms with van der Waals surface area (Å²) >= 11 is 0. The van der Waals surface area contributed by atoms with Crippen LogP contribution in [0.4, 0.5) is 0 Å². The van der Waals surface area contributed by atoms with Crippen LogP contribution in [-0.2, 0) is 9.53 Å². The van der Waals surface area contributed by atoms with Crippen LogP contribution in [-0.4, -0.2) is 25.7 Å².